The summed E-state index contributed by atoms with van der Waals surface area (Å²) in [5.41, 5.74) is 1.17. The molecule has 1 aliphatic heterocycles. The summed E-state index contributed by atoms with van der Waals surface area (Å²) >= 11 is 0.750. The average molecular weight is 535 g/mol. The van der Waals surface area contributed by atoms with Crippen molar-refractivity contribution in [2.45, 2.75) is 20.0 Å². The first kappa shape index (κ1) is 26.7. The van der Waals surface area contributed by atoms with Gasteiger partial charge in [0, 0.05) is 11.1 Å². The second kappa shape index (κ2) is 11.8. The first-order chi connectivity index (χ1) is 18.2. The van der Waals surface area contributed by atoms with Gasteiger partial charge in [-0.25, -0.2) is 4.79 Å². The van der Waals surface area contributed by atoms with Gasteiger partial charge in [-0.05, 0) is 60.8 Å². The number of ether oxygens (including phenoxy) is 3. The molecule has 196 valence electrons. The summed E-state index contributed by atoms with van der Waals surface area (Å²) in [7, 11) is 1.45. The molecule has 0 unspecified atom stereocenters. The number of thioether (sulfide) groups is 1. The smallest absolute Gasteiger partial charge is 0.344 e. The van der Waals surface area contributed by atoms with Crippen LogP contribution in [0.2, 0.25) is 0 Å². The summed E-state index contributed by atoms with van der Waals surface area (Å²) in [5.74, 6) is -0.898. The standard InChI is InChI=1S/C28H26N2O7S/c1-17(2)37-26(32)16-36-22-12-11-18(13-23(22)35-3)14-24-27(33)30(28(34)38-24)15-25(31)29-21-10-6-8-19-7-4-5-9-20(19)21/h4-14,17H,15-16H2,1-3H3,(H,29,31)/b24-14-. The number of benzene rings is 3. The zero-order chi connectivity index (χ0) is 27.2. The minimum Gasteiger partial charge on any atom is -0.493 e. The Morgan fingerprint density at radius 1 is 1.03 bits per heavy atom. The summed E-state index contributed by atoms with van der Waals surface area (Å²) in [6, 6.07) is 18.0. The van der Waals surface area contributed by atoms with Crippen LogP contribution < -0.4 is 14.8 Å². The molecule has 3 amide bonds. The number of carbonyl (C=O) groups excluding carboxylic acids is 4. The maximum absolute atomic E-state index is 12.9. The van der Waals surface area contributed by atoms with Gasteiger partial charge in [-0.3, -0.25) is 19.3 Å². The molecule has 9 nitrogen and oxygen atoms in total. The third-order valence-corrected chi connectivity index (χ3v) is 6.34. The van der Waals surface area contributed by atoms with Crippen LogP contribution in [0.1, 0.15) is 19.4 Å². The van der Waals surface area contributed by atoms with Crippen molar-refractivity contribution in [3.8, 4) is 11.5 Å². The third-order valence-electron chi connectivity index (χ3n) is 5.44. The zero-order valence-electron chi connectivity index (χ0n) is 21.1. The highest BCUT2D eigenvalue weighted by molar-refractivity contribution is 8.18. The summed E-state index contributed by atoms with van der Waals surface area (Å²) < 4.78 is 15.9. The van der Waals surface area contributed by atoms with Gasteiger partial charge in [0.25, 0.3) is 11.1 Å². The molecule has 0 saturated carbocycles. The van der Waals surface area contributed by atoms with E-state index in [4.69, 9.17) is 14.2 Å². The van der Waals surface area contributed by atoms with Gasteiger partial charge >= 0.3 is 5.97 Å². The number of anilines is 1. The summed E-state index contributed by atoms with van der Waals surface area (Å²) in [5, 5.41) is 4.07. The maximum Gasteiger partial charge on any atom is 0.344 e. The van der Waals surface area contributed by atoms with E-state index in [9.17, 15) is 19.2 Å². The molecular formula is C28H26N2O7S. The van der Waals surface area contributed by atoms with Crippen LogP contribution in [0.4, 0.5) is 10.5 Å². The zero-order valence-corrected chi connectivity index (χ0v) is 21.9. The Morgan fingerprint density at radius 3 is 2.55 bits per heavy atom. The van der Waals surface area contributed by atoms with E-state index in [0.29, 0.717) is 22.7 Å². The fraction of sp³-hybridized carbons (Fsp3) is 0.214. The van der Waals surface area contributed by atoms with Crippen LogP contribution in [0.3, 0.4) is 0 Å². The van der Waals surface area contributed by atoms with Gasteiger partial charge in [0.1, 0.15) is 6.54 Å². The largest absolute Gasteiger partial charge is 0.493 e. The van der Waals surface area contributed by atoms with Crippen molar-refractivity contribution in [2.75, 3.05) is 25.6 Å². The van der Waals surface area contributed by atoms with Crippen LogP contribution in [-0.4, -0.2) is 54.3 Å². The van der Waals surface area contributed by atoms with Crippen LogP contribution in [0.25, 0.3) is 16.8 Å². The molecule has 38 heavy (non-hydrogen) atoms. The van der Waals surface area contributed by atoms with Gasteiger partial charge in [0.05, 0.1) is 18.1 Å². The fourth-order valence-corrected chi connectivity index (χ4v) is 4.62. The molecule has 1 saturated heterocycles. The second-order valence-corrected chi connectivity index (χ2v) is 9.57. The van der Waals surface area contributed by atoms with E-state index >= 15 is 0 Å². The fourth-order valence-electron chi connectivity index (χ4n) is 3.78. The van der Waals surface area contributed by atoms with Crippen LogP contribution in [0.5, 0.6) is 11.5 Å². The highest BCUT2D eigenvalue weighted by Crippen LogP contribution is 2.34. The Bertz CT molecular complexity index is 1430. The Morgan fingerprint density at radius 2 is 1.79 bits per heavy atom. The minimum atomic E-state index is -0.566. The van der Waals surface area contributed by atoms with Crippen molar-refractivity contribution in [1.29, 1.82) is 0 Å². The molecule has 1 N–H and O–H groups in total. The number of methoxy groups -OCH3 is 1. The topological polar surface area (TPSA) is 111 Å². The lowest BCUT2D eigenvalue weighted by Crippen LogP contribution is -2.36. The number of amides is 3. The van der Waals surface area contributed by atoms with Crippen LogP contribution in [-0.2, 0) is 19.1 Å². The molecule has 0 aromatic heterocycles. The highest BCUT2D eigenvalue weighted by Gasteiger charge is 2.36. The van der Waals surface area contributed by atoms with E-state index in [0.717, 1.165) is 27.4 Å². The van der Waals surface area contributed by atoms with E-state index in [-0.39, 0.29) is 17.6 Å². The van der Waals surface area contributed by atoms with E-state index in [1.807, 2.05) is 36.4 Å². The number of nitrogens with zero attached hydrogens (tertiary/aromatic N) is 1. The summed E-state index contributed by atoms with van der Waals surface area (Å²) in [4.78, 5) is 51.0. The van der Waals surface area contributed by atoms with E-state index < -0.39 is 29.6 Å². The average Bonchev–Trinajstić information content (AvgIpc) is 3.14. The molecule has 3 aromatic rings. The molecule has 0 radical (unpaired) electrons. The van der Waals surface area contributed by atoms with Crippen molar-refractivity contribution in [2.24, 2.45) is 0 Å². The van der Waals surface area contributed by atoms with Crippen molar-refractivity contribution in [3.63, 3.8) is 0 Å². The predicted molar refractivity (Wildman–Crippen MR) is 145 cm³/mol. The summed E-state index contributed by atoms with van der Waals surface area (Å²) in [6.45, 7) is 2.79. The molecule has 0 spiro atoms. The Labute approximate surface area is 223 Å². The van der Waals surface area contributed by atoms with E-state index in [1.54, 1.807) is 38.1 Å². The number of hydrogen-bond donors (Lipinski definition) is 1. The number of carbonyl (C=O) groups is 4. The Hall–Kier alpha value is -4.31. The number of imide groups is 1. The van der Waals surface area contributed by atoms with Gasteiger partial charge < -0.3 is 19.5 Å². The molecule has 1 fully saturated rings. The monoisotopic (exact) mass is 534 g/mol. The Kier molecular flexibility index (Phi) is 8.32. The molecule has 3 aromatic carbocycles. The molecule has 10 heteroatoms. The molecular weight excluding hydrogens is 508 g/mol. The quantitative estimate of drug-likeness (QED) is 0.306. The van der Waals surface area contributed by atoms with Crippen LogP contribution >= 0.6 is 11.8 Å². The SMILES string of the molecule is COc1cc(/C=C2\SC(=O)N(CC(=O)Nc3cccc4ccccc34)C2=O)ccc1OCC(=O)OC(C)C. The normalized spacial score (nSPS) is 14.3. The first-order valence-corrected chi connectivity index (χ1v) is 12.6. The number of nitrogens with one attached hydrogen (secondary N) is 1. The van der Waals surface area contributed by atoms with Gasteiger partial charge in [0.2, 0.25) is 5.91 Å². The molecule has 1 heterocycles. The van der Waals surface area contributed by atoms with Crippen molar-refractivity contribution >= 4 is 57.3 Å². The van der Waals surface area contributed by atoms with Gasteiger partial charge in [-0.15, -0.1) is 0 Å². The van der Waals surface area contributed by atoms with E-state index in [1.165, 1.54) is 13.2 Å². The number of hydrogen-bond acceptors (Lipinski definition) is 8. The Balaban J connectivity index is 1.43. The molecule has 0 aliphatic carbocycles. The molecule has 0 bridgehead atoms. The third kappa shape index (κ3) is 6.33. The molecule has 0 atom stereocenters. The van der Waals surface area contributed by atoms with Crippen molar-refractivity contribution in [1.82, 2.24) is 4.90 Å². The van der Waals surface area contributed by atoms with Crippen molar-refractivity contribution < 1.29 is 33.4 Å². The van der Waals surface area contributed by atoms with Gasteiger partial charge in [-0.2, -0.15) is 0 Å². The first-order valence-electron chi connectivity index (χ1n) is 11.8. The van der Waals surface area contributed by atoms with Crippen LogP contribution in [0.15, 0.2) is 65.6 Å². The predicted octanol–water partition coefficient (Wildman–Crippen LogP) is 4.85. The van der Waals surface area contributed by atoms with Crippen LogP contribution in [0, 0.1) is 0 Å². The second-order valence-electron chi connectivity index (χ2n) is 8.58. The molecule has 1 aliphatic rings. The number of esters is 1. The number of fused-ring (bicyclic) bond motifs is 1. The van der Waals surface area contributed by atoms with Gasteiger partial charge in [0.15, 0.2) is 18.1 Å². The lowest BCUT2D eigenvalue weighted by molar-refractivity contribution is -0.149. The lowest BCUT2D eigenvalue weighted by Gasteiger charge is -2.14. The minimum absolute atomic E-state index is 0.171. The lowest BCUT2D eigenvalue weighted by atomic mass is 10.1. The molecule has 4 rings (SSSR count). The van der Waals surface area contributed by atoms with E-state index in [2.05, 4.69) is 5.32 Å². The van der Waals surface area contributed by atoms with Crippen molar-refractivity contribution in [3.05, 3.63) is 71.1 Å². The maximum atomic E-state index is 12.9. The highest BCUT2D eigenvalue weighted by atomic mass is 32.2. The number of rotatable bonds is 9. The summed E-state index contributed by atoms with van der Waals surface area (Å²) in [6.07, 6.45) is 1.28. The van der Waals surface area contributed by atoms with Gasteiger partial charge in [-0.1, -0.05) is 42.5 Å².